The van der Waals surface area contributed by atoms with Crippen LogP contribution in [0, 0.1) is 12.8 Å². The number of aliphatic imine (C=N–C) groups is 1. The Morgan fingerprint density at radius 3 is 2.74 bits per heavy atom. The summed E-state index contributed by atoms with van der Waals surface area (Å²) in [5.74, 6) is 1.55. The van der Waals surface area contributed by atoms with Crippen molar-refractivity contribution in [1.82, 2.24) is 20.0 Å². The SMILES string of the molecule is CCNC(=NCc1cn2c(C)cccc2n1)NCCC(C)C.I. The Morgan fingerprint density at radius 1 is 1.30 bits per heavy atom. The third-order valence-electron chi connectivity index (χ3n) is 3.50. The molecule has 0 radical (unpaired) electrons. The molecule has 2 heterocycles. The highest BCUT2D eigenvalue weighted by Crippen LogP contribution is 2.09. The van der Waals surface area contributed by atoms with Gasteiger partial charge in [-0.2, -0.15) is 0 Å². The summed E-state index contributed by atoms with van der Waals surface area (Å²) in [6, 6.07) is 6.13. The van der Waals surface area contributed by atoms with Crippen molar-refractivity contribution in [2.45, 2.75) is 40.7 Å². The first-order valence-corrected chi connectivity index (χ1v) is 8.06. The molecule has 2 aromatic heterocycles. The van der Waals surface area contributed by atoms with E-state index in [0.717, 1.165) is 36.8 Å². The predicted molar refractivity (Wildman–Crippen MR) is 108 cm³/mol. The van der Waals surface area contributed by atoms with Crippen molar-refractivity contribution in [1.29, 1.82) is 0 Å². The molecular formula is C17H28IN5. The summed E-state index contributed by atoms with van der Waals surface area (Å²) in [5, 5.41) is 6.65. The van der Waals surface area contributed by atoms with Gasteiger partial charge in [-0.05, 0) is 38.3 Å². The van der Waals surface area contributed by atoms with Crippen molar-refractivity contribution in [2.75, 3.05) is 13.1 Å². The van der Waals surface area contributed by atoms with E-state index in [1.165, 1.54) is 5.69 Å². The highest BCUT2D eigenvalue weighted by Gasteiger charge is 2.03. The Bertz CT molecular complexity index is 633. The first-order valence-electron chi connectivity index (χ1n) is 8.06. The van der Waals surface area contributed by atoms with Crippen LogP contribution in [0.1, 0.15) is 38.6 Å². The van der Waals surface area contributed by atoms with Crippen LogP contribution in [-0.4, -0.2) is 28.4 Å². The fraction of sp³-hybridized carbons (Fsp3) is 0.529. The minimum absolute atomic E-state index is 0. The number of guanidine groups is 1. The fourth-order valence-corrected chi connectivity index (χ4v) is 2.26. The Labute approximate surface area is 156 Å². The molecule has 0 amide bonds. The van der Waals surface area contributed by atoms with Gasteiger partial charge in [-0.1, -0.05) is 19.9 Å². The molecule has 128 valence electrons. The van der Waals surface area contributed by atoms with Crippen molar-refractivity contribution in [3.8, 4) is 0 Å². The van der Waals surface area contributed by atoms with E-state index < -0.39 is 0 Å². The lowest BCUT2D eigenvalue weighted by atomic mass is 10.1. The number of pyridine rings is 1. The van der Waals surface area contributed by atoms with Gasteiger partial charge in [-0.25, -0.2) is 9.98 Å². The standard InChI is InChI=1S/C17H27N5.HI/c1-5-18-17(19-10-9-13(2)3)20-11-15-12-22-14(4)7-6-8-16(22)21-15;/h6-8,12-13H,5,9-11H2,1-4H3,(H2,18,19,20);1H. The molecule has 5 nitrogen and oxygen atoms in total. The van der Waals surface area contributed by atoms with Gasteiger partial charge >= 0.3 is 0 Å². The summed E-state index contributed by atoms with van der Waals surface area (Å²) >= 11 is 0. The van der Waals surface area contributed by atoms with Crippen LogP contribution in [0.15, 0.2) is 29.4 Å². The molecule has 0 aliphatic heterocycles. The Morgan fingerprint density at radius 2 is 2.09 bits per heavy atom. The summed E-state index contributed by atoms with van der Waals surface area (Å²) in [7, 11) is 0. The van der Waals surface area contributed by atoms with E-state index in [4.69, 9.17) is 0 Å². The highest BCUT2D eigenvalue weighted by atomic mass is 127. The lowest BCUT2D eigenvalue weighted by Crippen LogP contribution is -2.38. The molecule has 2 rings (SSSR count). The molecule has 0 saturated carbocycles. The first-order chi connectivity index (χ1) is 10.6. The van der Waals surface area contributed by atoms with Gasteiger partial charge in [0.2, 0.25) is 0 Å². The second kappa shape index (κ2) is 9.75. The lowest BCUT2D eigenvalue weighted by molar-refractivity contribution is 0.573. The first kappa shape index (κ1) is 19.7. The number of hydrogen-bond donors (Lipinski definition) is 2. The predicted octanol–water partition coefficient (Wildman–Crippen LogP) is 3.36. The molecule has 0 aliphatic carbocycles. The van der Waals surface area contributed by atoms with Crippen LogP contribution in [0.25, 0.3) is 5.65 Å². The molecule has 0 aromatic carbocycles. The molecule has 6 heteroatoms. The molecular weight excluding hydrogens is 401 g/mol. The van der Waals surface area contributed by atoms with Gasteiger partial charge in [0.05, 0.1) is 12.2 Å². The molecule has 0 aliphatic rings. The maximum atomic E-state index is 4.62. The quantitative estimate of drug-likeness (QED) is 0.421. The minimum Gasteiger partial charge on any atom is -0.357 e. The van der Waals surface area contributed by atoms with Crippen LogP contribution < -0.4 is 10.6 Å². The fourth-order valence-electron chi connectivity index (χ4n) is 2.26. The summed E-state index contributed by atoms with van der Waals surface area (Å²) in [4.78, 5) is 9.24. The van der Waals surface area contributed by atoms with Gasteiger partial charge in [0.25, 0.3) is 0 Å². The second-order valence-corrected chi connectivity index (χ2v) is 5.93. The molecule has 0 atom stereocenters. The molecule has 0 spiro atoms. The van der Waals surface area contributed by atoms with Crippen molar-refractivity contribution in [3.05, 3.63) is 35.8 Å². The van der Waals surface area contributed by atoms with E-state index in [1.807, 2.05) is 12.1 Å². The Balaban J connectivity index is 0.00000264. The number of rotatable bonds is 6. The van der Waals surface area contributed by atoms with E-state index in [9.17, 15) is 0 Å². The van der Waals surface area contributed by atoms with E-state index in [-0.39, 0.29) is 24.0 Å². The molecule has 0 saturated heterocycles. The van der Waals surface area contributed by atoms with Crippen molar-refractivity contribution < 1.29 is 0 Å². The highest BCUT2D eigenvalue weighted by molar-refractivity contribution is 14.0. The van der Waals surface area contributed by atoms with Gasteiger partial charge in [-0.15, -0.1) is 24.0 Å². The smallest absolute Gasteiger partial charge is 0.191 e. The normalized spacial score (nSPS) is 11.6. The summed E-state index contributed by atoms with van der Waals surface area (Å²) in [6.07, 6.45) is 3.20. The molecule has 2 N–H and O–H groups in total. The Kier molecular flexibility index (Phi) is 8.36. The van der Waals surface area contributed by atoms with Crippen LogP contribution >= 0.6 is 24.0 Å². The van der Waals surface area contributed by atoms with Gasteiger partial charge in [0.1, 0.15) is 5.65 Å². The molecule has 0 unspecified atom stereocenters. The largest absolute Gasteiger partial charge is 0.357 e. The summed E-state index contributed by atoms with van der Waals surface area (Å²) in [5.41, 5.74) is 3.14. The van der Waals surface area contributed by atoms with Crippen LogP contribution in [0.2, 0.25) is 0 Å². The summed E-state index contributed by atoms with van der Waals surface area (Å²) in [6.45, 7) is 11.0. The van der Waals surface area contributed by atoms with E-state index in [0.29, 0.717) is 12.5 Å². The zero-order valence-electron chi connectivity index (χ0n) is 14.5. The number of aryl methyl sites for hydroxylation is 1. The van der Waals surface area contributed by atoms with E-state index in [1.54, 1.807) is 0 Å². The molecule has 0 bridgehead atoms. The zero-order chi connectivity index (χ0) is 15.9. The van der Waals surface area contributed by atoms with E-state index >= 15 is 0 Å². The molecule has 2 aromatic rings. The van der Waals surface area contributed by atoms with Crippen molar-refractivity contribution >= 4 is 35.6 Å². The van der Waals surface area contributed by atoms with Gasteiger partial charge in [-0.3, -0.25) is 0 Å². The third-order valence-corrected chi connectivity index (χ3v) is 3.50. The van der Waals surface area contributed by atoms with Gasteiger partial charge in [0.15, 0.2) is 5.96 Å². The maximum Gasteiger partial charge on any atom is 0.191 e. The monoisotopic (exact) mass is 429 g/mol. The molecule has 23 heavy (non-hydrogen) atoms. The zero-order valence-corrected chi connectivity index (χ0v) is 16.8. The number of aromatic nitrogens is 2. The summed E-state index contributed by atoms with van der Waals surface area (Å²) < 4.78 is 2.10. The van der Waals surface area contributed by atoms with Gasteiger partial charge < -0.3 is 15.0 Å². The Hall–Kier alpha value is -1.31. The van der Waals surface area contributed by atoms with E-state index in [2.05, 4.69) is 65.0 Å². The average molecular weight is 429 g/mol. The minimum atomic E-state index is 0. The second-order valence-electron chi connectivity index (χ2n) is 5.93. The van der Waals surface area contributed by atoms with Crippen LogP contribution in [-0.2, 0) is 6.54 Å². The number of nitrogens with zero attached hydrogens (tertiary/aromatic N) is 3. The number of nitrogens with one attached hydrogen (secondary N) is 2. The topological polar surface area (TPSA) is 53.7 Å². The van der Waals surface area contributed by atoms with Crippen LogP contribution in [0.3, 0.4) is 0 Å². The van der Waals surface area contributed by atoms with Crippen molar-refractivity contribution in [3.63, 3.8) is 0 Å². The number of hydrogen-bond acceptors (Lipinski definition) is 2. The van der Waals surface area contributed by atoms with Crippen LogP contribution in [0.5, 0.6) is 0 Å². The van der Waals surface area contributed by atoms with Crippen molar-refractivity contribution in [2.24, 2.45) is 10.9 Å². The number of fused-ring (bicyclic) bond motifs is 1. The molecule has 0 fully saturated rings. The number of imidazole rings is 1. The van der Waals surface area contributed by atoms with Gasteiger partial charge in [0, 0.05) is 25.0 Å². The lowest BCUT2D eigenvalue weighted by Gasteiger charge is -2.11. The third kappa shape index (κ3) is 6.01. The van der Waals surface area contributed by atoms with Crippen LogP contribution in [0.4, 0.5) is 0 Å². The maximum absolute atomic E-state index is 4.62. The number of halogens is 1. The average Bonchev–Trinajstić information content (AvgIpc) is 2.89.